The van der Waals surface area contributed by atoms with Gasteiger partial charge in [0.15, 0.2) is 0 Å². The lowest BCUT2D eigenvalue weighted by atomic mass is 9.78. The first-order valence-corrected chi connectivity index (χ1v) is 6.26. The number of hydrogen-bond acceptors (Lipinski definition) is 4. The summed E-state index contributed by atoms with van der Waals surface area (Å²) in [6.07, 6.45) is 1.50. The Hall–Kier alpha value is -1.14. The van der Waals surface area contributed by atoms with Crippen LogP contribution in [0.15, 0.2) is 0 Å². The number of aliphatic carboxylic acids is 1. The lowest BCUT2D eigenvalue weighted by molar-refractivity contribution is -0.156. The second-order valence-corrected chi connectivity index (χ2v) is 4.78. The van der Waals surface area contributed by atoms with Gasteiger partial charge in [-0.3, -0.25) is 4.79 Å². The normalized spacial score (nSPS) is 20.2. The van der Waals surface area contributed by atoms with Gasteiger partial charge in [0.1, 0.15) is 6.04 Å². The minimum absolute atomic E-state index is 0.178. The zero-order valence-electron chi connectivity index (χ0n) is 11.0. The van der Waals surface area contributed by atoms with Crippen molar-refractivity contribution in [2.45, 2.75) is 32.2 Å². The molecule has 1 saturated heterocycles. The zero-order chi connectivity index (χ0) is 13.8. The van der Waals surface area contributed by atoms with Crippen LogP contribution in [0.5, 0.6) is 0 Å². The average molecular weight is 258 g/mol. The molecule has 6 nitrogen and oxygen atoms in total. The Morgan fingerprint density at radius 2 is 2.00 bits per heavy atom. The first-order chi connectivity index (χ1) is 8.48. The number of carbonyl (C=O) groups excluding carboxylic acids is 1. The zero-order valence-corrected chi connectivity index (χ0v) is 11.0. The van der Waals surface area contributed by atoms with Gasteiger partial charge in [-0.05, 0) is 19.3 Å². The van der Waals surface area contributed by atoms with Crippen LogP contribution in [0.25, 0.3) is 0 Å². The minimum atomic E-state index is -0.979. The number of hydrogen-bond donors (Lipinski definition) is 2. The number of rotatable bonds is 5. The molecule has 0 spiro atoms. The summed E-state index contributed by atoms with van der Waals surface area (Å²) in [5.74, 6) is -1.16. The predicted octanol–water partition coefficient (Wildman–Crippen LogP) is 0.0635. The molecule has 1 rings (SSSR count). The Bertz CT molecular complexity index is 313. The minimum Gasteiger partial charge on any atom is -0.480 e. The molecule has 3 N–H and O–H groups in total. The molecular weight excluding hydrogens is 236 g/mol. The van der Waals surface area contributed by atoms with Gasteiger partial charge in [-0.1, -0.05) is 6.92 Å². The fraction of sp³-hybridized carbons (Fsp3) is 0.833. The summed E-state index contributed by atoms with van der Waals surface area (Å²) in [5.41, 5.74) is 5.09. The van der Waals surface area contributed by atoms with Crippen LogP contribution in [0.3, 0.4) is 0 Å². The summed E-state index contributed by atoms with van der Waals surface area (Å²) >= 11 is 0. The van der Waals surface area contributed by atoms with Crippen LogP contribution in [-0.4, -0.2) is 54.7 Å². The number of carbonyl (C=O) groups is 2. The molecule has 1 heterocycles. The molecule has 0 saturated carbocycles. The molecule has 0 aromatic rings. The fourth-order valence-electron chi connectivity index (χ4n) is 2.40. The molecule has 6 heteroatoms. The van der Waals surface area contributed by atoms with Crippen molar-refractivity contribution in [3.05, 3.63) is 0 Å². The molecule has 0 aliphatic carbocycles. The maximum Gasteiger partial charge on any atom is 0.326 e. The van der Waals surface area contributed by atoms with Crippen molar-refractivity contribution >= 4 is 11.9 Å². The first kappa shape index (κ1) is 14.9. The van der Waals surface area contributed by atoms with E-state index in [-0.39, 0.29) is 12.5 Å². The summed E-state index contributed by atoms with van der Waals surface area (Å²) in [6, 6.07) is -0.788. The van der Waals surface area contributed by atoms with Crippen LogP contribution < -0.4 is 5.73 Å². The molecule has 1 atom stereocenters. The van der Waals surface area contributed by atoms with Gasteiger partial charge < -0.3 is 20.5 Å². The van der Waals surface area contributed by atoms with Crippen LogP contribution in [0, 0.1) is 5.41 Å². The third-order valence-electron chi connectivity index (χ3n) is 3.75. The molecule has 104 valence electrons. The lowest BCUT2D eigenvalue weighted by Crippen LogP contribution is -2.53. The van der Waals surface area contributed by atoms with Gasteiger partial charge >= 0.3 is 5.97 Å². The number of ether oxygens (including phenoxy) is 1. The monoisotopic (exact) mass is 258 g/mol. The van der Waals surface area contributed by atoms with Crippen molar-refractivity contribution in [3.63, 3.8) is 0 Å². The van der Waals surface area contributed by atoms with Gasteiger partial charge in [-0.2, -0.15) is 0 Å². The smallest absolute Gasteiger partial charge is 0.326 e. The molecule has 0 aromatic heterocycles. The summed E-state index contributed by atoms with van der Waals surface area (Å²) in [6.45, 7) is 2.98. The third-order valence-corrected chi connectivity index (χ3v) is 3.75. The van der Waals surface area contributed by atoms with Gasteiger partial charge in [0.25, 0.3) is 0 Å². The van der Waals surface area contributed by atoms with Crippen LogP contribution in [-0.2, 0) is 14.3 Å². The van der Waals surface area contributed by atoms with Gasteiger partial charge in [0, 0.05) is 26.8 Å². The van der Waals surface area contributed by atoms with Gasteiger partial charge in [-0.25, -0.2) is 4.79 Å². The molecule has 1 unspecified atom stereocenters. The van der Waals surface area contributed by atoms with Crippen LogP contribution in [0.4, 0.5) is 0 Å². The molecule has 0 aromatic carbocycles. The number of likely N-dealkylation sites (N-methyl/N-ethyl adjacent to an activating group) is 1. The van der Waals surface area contributed by atoms with E-state index in [0.29, 0.717) is 32.5 Å². The largest absolute Gasteiger partial charge is 0.480 e. The standard InChI is InChI=1S/C12H22N2O4/c1-3-9(10(15)16)14(2)11(17)12(8-13)4-6-18-7-5-12/h9H,3-8,13H2,1-2H3,(H,15,16). The second kappa shape index (κ2) is 6.15. The van der Waals surface area contributed by atoms with Crippen molar-refractivity contribution in [2.24, 2.45) is 11.1 Å². The van der Waals surface area contributed by atoms with Crippen LogP contribution >= 0.6 is 0 Å². The van der Waals surface area contributed by atoms with E-state index >= 15 is 0 Å². The van der Waals surface area contributed by atoms with E-state index in [9.17, 15) is 9.59 Å². The molecule has 1 fully saturated rings. The fourth-order valence-corrected chi connectivity index (χ4v) is 2.40. The Labute approximate surface area is 107 Å². The number of nitrogens with two attached hydrogens (primary N) is 1. The summed E-state index contributed by atoms with van der Waals surface area (Å²) in [4.78, 5) is 24.9. The van der Waals surface area contributed by atoms with E-state index in [2.05, 4.69) is 0 Å². The van der Waals surface area contributed by atoms with E-state index in [1.165, 1.54) is 11.9 Å². The maximum absolute atomic E-state index is 12.5. The molecule has 0 radical (unpaired) electrons. The van der Waals surface area contributed by atoms with Crippen molar-refractivity contribution in [2.75, 3.05) is 26.8 Å². The molecule has 18 heavy (non-hydrogen) atoms. The summed E-state index contributed by atoms with van der Waals surface area (Å²) < 4.78 is 5.25. The topological polar surface area (TPSA) is 92.9 Å². The lowest BCUT2D eigenvalue weighted by Gasteiger charge is -2.39. The maximum atomic E-state index is 12.5. The van der Waals surface area contributed by atoms with Crippen molar-refractivity contribution in [1.29, 1.82) is 0 Å². The molecule has 1 amide bonds. The number of amides is 1. The highest BCUT2D eigenvalue weighted by Crippen LogP contribution is 2.32. The molecule has 1 aliphatic rings. The highest BCUT2D eigenvalue weighted by atomic mass is 16.5. The van der Waals surface area contributed by atoms with E-state index in [1.54, 1.807) is 6.92 Å². The third kappa shape index (κ3) is 2.81. The van der Waals surface area contributed by atoms with E-state index in [0.717, 1.165) is 0 Å². The second-order valence-electron chi connectivity index (χ2n) is 4.78. The van der Waals surface area contributed by atoms with Crippen molar-refractivity contribution < 1.29 is 19.4 Å². The quantitative estimate of drug-likeness (QED) is 0.727. The van der Waals surface area contributed by atoms with Gasteiger partial charge in [0.05, 0.1) is 5.41 Å². The summed E-state index contributed by atoms with van der Waals surface area (Å²) in [7, 11) is 1.54. The highest BCUT2D eigenvalue weighted by Gasteiger charge is 2.42. The van der Waals surface area contributed by atoms with E-state index < -0.39 is 17.4 Å². The van der Waals surface area contributed by atoms with E-state index in [4.69, 9.17) is 15.6 Å². The number of nitrogens with zero attached hydrogens (tertiary/aromatic N) is 1. The molecule has 0 bridgehead atoms. The Morgan fingerprint density at radius 3 is 2.39 bits per heavy atom. The van der Waals surface area contributed by atoms with Crippen LogP contribution in [0.2, 0.25) is 0 Å². The van der Waals surface area contributed by atoms with Gasteiger partial charge in [-0.15, -0.1) is 0 Å². The summed E-state index contributed by atoms with van der Waals surface area (Å²) in [5, 5.41) is 9.10. The molecular formula is C12H22N2O4. The Morgan fingerprint density at radius 1 is 1.44 bits per heavy atom. The highest BCUT2D eigenvalue weighted by molar-refractivity contribution is 5.87. The van der Waals surface area contributed by atoms with E-state index in [1.807, 2.05) is 0 Å². The van der Waals surface area contributed by atoms with Gasteiger partial charge in [0.2, 0.25) is 5.91 Å². The SMILES string of the molecule is CCC(C(=O)O)N(C)C(=O)C1(CN)CCOCC1. The Kier molecular flexibility index (Phi) is 5.10. The van der Waals surface area contributed by atoms with Crippen LogP contribution in [0.1, 0.15) is 26.2 Å². The van der Waals surface area contributed by atoms with Crippen molar-refractivity contribution in [3.8, 4) is 0 Å². The van der Waals surface area contributed by atoms with Crippen molar-refractivity contribution in [1.82, 2.24) is 4.90 Å². The molecule has 1 aliphatic heterocycles. The Balaban J connectivity index is 2.86. The number of carboxylic acid groups (broad SMARTS) is 1. The number of carboxylic acids is 1. The average Bonchev–Trinajstić information content (AvgIpc) is 2.38. The first-order valence-electron chi connectivity index (χ1n) is 6.26. The predicted molar refractivity (Wildman–Crippen MR) is 66.0 cm³/mol.